The van der Waals surface area contributed by atoms with Crippen LogP contribution in [-0.4, -0.2) is 42.8 Å². The molecule has 1 atom stereocenters. The zero-order chi connectivity index (χ0) is 13.8. The quantitative estimate of drug-likeness (QED) is 0.723. The molecule has 1 rings (SSSR count). The Kier molecular flexibility index (Phi) is 5.23. The van der Waals surface area contributed by atoms with Gasteiger partial charge < -0.3 is 14.4 Å². The van der Waals surface area contributed by atoms with Crippen LogP contribution in [0.15, 0.2) is 0 Å². The Balaban J connectivity index is 2.64. The number of carbonyl (C=O) groups excluding carboxylic acids is 2. The van der Waals surface area contributed by atoms with Crippen LogP contribution in [0.1, 0.15) is 46.5 Å². The summed E-state index contributed by atoms with van der Waals surface area (Å²) < 4.78 is 5.37. The van der Waals surface area contributed by atoms with E-state index >= 15 is 0 Å². The van der Waals surface area contributed by atoms with Crippen LogP contribution in [0.5, 0.6) is 0 Å². The second-order valence-electron chi connectivity index (χ2n) is 5.77. The van der Waals surface area contributed by atoms with Crippen LogP contribution >= 0.6 is 0 Å². The van der Waals surface area contributed by atoms with E-state index in [9.17, 15) is 9.59 Å². The van der Waals surface area contributed by atoms with E-state index < -0.39 is 5.60 Å². The van der Waals surface area contributed by atoms with Crippen LogP contribution in [0.4, 0.5) is 4.79 Å². The van der Waals surface area contributed by atoms with Crippen molar-refractivity contribution in [2.24, 2.45) is 0 Å². The Hall–Kier alpha value is -0.995. The van der Waals surface area contributed by atoms with Gasteiger partial charge in [-0.2, -0.15) is 0 Å². The van der Waals surface area contributed by atoms with E-state index in [-0.39, 0.29) is 24.2 Å². The van der Waals surface area contributed by atoms with Crippen molar-refractivity contribution in [2.45, 2.75) is 64.4 Å². The van der Waals surface area contributed by atoms with Crippen LogP contribution < -0.4 is 0 Å². The van der Waals surface area contributed by atoms with E-state index in [1.807, 2.05) is 20.8 Å². The highest BCUT2D eigenvalue weighted by Gasteiger charge is 2.31. The number of rotatable bonds is 3. The third kappa shape index (κ3) is 4.71. The van der Waals surface area contributed by atoms with Crippen LogP contribution in [0.2, 0.25) is 6.32 Å². The van der Waals surface area contributed by atoms with Gasteiger partial charge in [-0.25, -0.2) is 4.79 Å². The molecule has 1 amide bonds. The van der Waals surface area contributed by atoms with E-state index in [2.05, 4.69) is 0 Å². The molecule has 0 saturated carbocycles. The number of hydrogen-bond acceptors (Lipinski definition) is 3. The number of hydrogen-bond donors (Lipinski definition) is 0. The first-order chi connectivity index (χ1) is 8.33. The lowest BCUT2D eigenvalue weighted by Gasteiger charge is -2.36. The lowest BCUT2D eigenvalue weighted by atomic mass is 9.92. The summed E-state index contributed by atoms with van der Waals surface area (Å²) in [5.41, 5.74) is -0.503. The Morgan fingerprint density at radius 2 is 2.00 bits per heavy atom. The van der Waals surface area contributed by atoms with Crippen molar-refractivity contribution < 1.29 is 14.3 Å². The predicted molar refractivity (Wildman–Crippen MR) is 70.8 cm³/mol. The van der Waals surface area contributed by atoms with Gasteiger partial charge in [0.15, 0.2) is 0 Å². The number of Topliss-reactive ketones (excluding diaryl/α,β-unsaturated/α-hetero) is 1. The maximum atomic E-state index is 12.1. The standard InChI is InChI=1S/C13H22BNO3/c1-13(2,3)18-12(17)15-7-5-4-6-10(15)8-11(16)9-14/h10H,4-9H2,1-3H3. The molecular weight excluding hydrogens is 229 g/mol. The number of likely N-dealkylation sites (tertiary alicyclic amines) is 1. The van der Waals surface area contributed by atoms with Gasteiger partial charge >= 0.3 is 6.09 Å². The third-order valence-electron chi connectivity index (χ3n) is 2.95. The molecule has 2 radical (unpaired) electrons. The second-order valence-corrected chi connectivity index (χ2v) is 5.77. The number of nitrogens with zero attached hydrogens (tertiary/aromatic N) is 1. The molecule has 0 aromatic heterocycles. The largest absolute Gasteiger partial charge is 0.444 e. The fraction of sp³-hybridized carbons (Fsp3) is 0.846. The molecule has 1 aliphatic rings. The highest BCUT2D eigenvalue weighted by Crippen LogP contribution is 2.22. The first-order valence-corrected chi connectivity index (χ1v) is 6.55. The Morgan fingerprint density at radius 1 is 1.33 bits per heavy atom. The van der Waals surface area contributed by atoms with Gasteiger partial charge in [0.2, 0.25) is 0 Å². The number of ether oxygens (including phenoxy) is 1. The minimum atomic E-state index is -0.503. The number of piperidine rings is 1. The van der Waals surface area contributed by atoms with Gasteiger partial charge in [0.25, 0.3) is 0 Å². The van der Waals surface area contributed by atoms with Crippen molar-refractivity contribution in [3.05, 3.63) is 0 Å². The molecule has 0 aromatic rings. The summed E-state index contributed by atoms with van der Waals surface area (Å²) in [6, 6.07) is -0.0513. The van der Waals surface area contributed by atoms with E-state index in [0.29, 0.717) is 13.0 Å². The van der Waals surface area contributed by atoms with Crippen molar-refractivity contribution >= 4 is 19.7 Å². The number of amides is 1. The monoisotopic (exact) mass is 251 g/mol. The van der Waals surface area contributed by atoms with Crippen molar-refractivity contribution in [2.75, 3.05) is 6.54 Å². The van der Waals surface area contributed by atoms with Gasteiger partial charge in [-0.3, -0.25) is 0 Å². The molecule has 5 heteroatoms. The average molecular weight is 251 g/mol. The van der Waals surface area contributed by atoms with Crippen molar-refractivity contribution in [3.63, 3.8) is 0 Å². The second kappa shape index (κ2) is 6.25. The molecule has 4 nitrogen and oxygen atoms in total. The zero-order valence-electron chi connectivity index (χ0n) is 11.6. The molecule has 0 bridgehead atoms. The maximum Gasteiger partial charge on any atom is 0.410 e. The molecule has 1 aliphatic heterocycles. The molecule has 0 N–H and O–H groups in total. The molecule has 100 valence electrons. The lowest BCUT2D eigenvalue weighted by molar-refractivity contribution is -0.118. The van der Waals surface area contributed by atoms with Crippen LogP contribution in [-0.2, 0) is 9.53 Å². The van der Waals surface area contributed by atoms with Gasteiger partial charge in [-0.05, 0) is 46.4 Å². The first kappa shape index (κ1) is 15.1. The van der Waals surface area contributed by atoms with Crippen LogP contribution in [0.25, 0.3) is 0 Å². The smallest absolute Gasteiger partial charge is 0.410 e. The van der Waals surface area contributed by atoms with Gasteiger partial charge in [-0.15, -0.1) is 0 Å². The molecule has 18 heavy (non-hydrogen) atoms. The van der Waals surface area contributed by atoms with E-state index in [4.69, 9.17) is 12.6 Å². The van der Waals surface area contributed by atoms with Gasteiger partial charge in [0, 0.05) is 19.0 Å². The summed E-state index contributed by atoms with van der Waals surface area (Å²) in [5, 5.41) is 0. The van der Waals surface area contributed by atoms with Crippen molar-refractivity contribution in [1.29, 1.82) is 0 Å². The summed E-state index contributed by atoms with van der Waals surface area (Å²) in [6.45, 7) is 6.19. The van der Waals surface area contributed by atoms with Gasteiger partial charge in [-0.1, -0.05) is 0 Å². The normalized spacial score (nSPS) is 20.6. The summed E-state index contributed by atoms with van der Waals surface area (Å²) in [7, 11) is 5.33. The zero-order valence-corrected chi connectivity index (χ0v) is 11.6. The minimum absolute atomic E-state index is 0.00420. The Morgan fingerprint density at radius 3 is 2.56 bits per heavy atom. The molecular formula is C13H22BNO3. The molecule has 0 aliphatic carbocycles. The first-order valence-electron chi connectivity index (χ1n) is 6.55. The highest BCUT2D eigenvalue weighted by molar-refractivity contribution is 6.20. The molecule has 1 saturated heterocycles. The highest BCUT2D eigenvalue weighted by atomic mass is 16.6. The Labute approximate surface area is 110 Å². The Bertz CT molecular complexity index is 312. The fourth-order valence-electron chi connectivity index (χ4n) is 2.12. The van der Waals surface area contributed by atoms with Crippen LogP contribution in [0.3, 0.4) is 0 Å². The molecule has 0 aromatic carbocycles. The van der Waals surface area contributed by atoms with Crippen molar-refractivity contribution in [1.82, 2.24) is 4.90 Å². The summed E-state index contributed by atoms with van der Waals surface area (Å²) >= 11 is 0. The summed E-state index contributed by atoms with van der Waals surface area (Å²) in [4.78, 5) is 25.2. The summed E-state index contributed by atoms with van der Waals surface area (Å²) in [5.74, 6) is -0.00420. The van der Waals surface area contributed by atoms with E-state index in [1.165, 1.54) is 0 Å². The molecule has 1 heterocycles. The SMILES string of the molecule is [B]CC(=O)CC1CCCCN1C(=O)OC(C)(C)C. The van der Waals surface area contributed by atoms with Crippen molar-refractivity contribution in [3.8, 4) is 0 Å². The molecule has 0 spiro atoms. The molecule has 1 fully saturated rings. The average Bonchev–Trinajstić information content (AvgIpc) is 2.27. The topological polar surface area (TPSA) is 46.6 Å². The van der Waals surface area contributed by atoms with E-state index in [0.717, 1.165) is 19.3 Å². The number of ketones is 1. The molecule has 1 unspecified atom stereocenters. The van der Waals surface area contributed by atoms with Crippen LogP contribution in [0, 0.1) is 0 Å². The third-order valence-corrected chi connectivity index (χ3v) is 2.95. The maximum absolute atomic E-state index is 12.1. The number of carbonyl (C=O) groups is 2. The lowest BCUT2D eigenvalue weighted by Crippen LogP contribution is -2.46. The van der Waals surface area contributed by atoms with Gasteiger partial charge in [0.05, 0.1) is 7.85 Å². The minimum Gasteiger partial charge on any atom is -0.444 e. The predicted octanol–water partition coefficient (Wildman–Crippen LogP) is 2.32. The van der Waals surface area contributed by atoms with E-state index in [1.54, 1.807) is 4.90 Å². The fourth-order valence-corrected chi connectivity index (χ4v) is 2.12. The van der Waals surface area contributed by atoms with Gasteiger partial charge in [0.1, 0.15) is 11.4 Å². The summed E-state index contributed by atoms with van der Waals surface area (Å²) in [6.07, 6.45) is 2.92.